The van der Waals surface area contributed by atoms with Crippen molar-refractivity contribution in [3.05, 3.63) is 42.6 Å². The number of methoxy groups -OCH3 is 1. The molecule has 1 saturated heterocycles. The van der Waals surface area contributed by atoms with E-state index in [9.17, 15) is 4.79 Å². The Kier molecular flexibility index (Phi) is 6.24. The number of benzene rings is 1. The quantitative estimate of drug-likeness (QED) is 0.823. The zero-order chi connectivity index (χ0) is 18.2. The maximum absolute atomic E-state index is 11.9. The number of rotatable bonds is 6. The van der Waals surface area contributed by atoms with E-state index in [1.807, 2.05) is 12.1 Å². The summed E-state index contributed by atoms with van der Waals surface area (Å²) in [5, 5.41) is 5.45. The number of aromatic nitrogens is 1. The van der Waals surface area contributed by atoms with Crippen LogP contribution < -0.4 is 20.1 Å². The number of pyridine rings is 1. The first kappa shape index (κ1) is 18.0. The molecular weight excluding hydrogens is 338 g/mol. The van der Waals surface area contributed by atoms with E-state index in [2.05, 4.69) is 15.6 Å². The lowest BCUT2D eigenvalue weighted by atomic mass is 10.3. The molecule has 8 heteroatoms. The molecule has 1 aliphatic rings. The number of ether oxygens (including phenoxy) is 4. The first-order chi connectivity index (χ1) is 12.7. The van der Waals surface area contributed by atoms with E-state index in [0.29, 0.717) is 49.4 Å². The van der Waals surface area contributed by atoms with Gasteiger partial charge in [0.25, 0.3) is 0 Å². The van der Waals surface area contributed by atoms with Crippen LogP contribution in [0.4, 0.5) is 10.5 Å². The molecule has 2 heterocycles. The lowest BCUT2D eigenvalue weighted by Gasteiger charge is -2.23. The van der Waals surface area contributed by atoms with Gasteiger partial charge < -0.3 is 29.6 Å². The largest absolute Gasteiger partial charge is 0.497 e. The maximum Gasteiger partial charge on any atom is 0.319 e. The lowest BCUT2D eigenvalue weighted by molar-refractivity contribution is -0.0852. The van der Waals surface area contributed by atoms with Crippen molar-refractivity contribution in [2.45, 2.75) is 6.10 Å². The molecule has 1 atom stereocenters. The highest BCUT2D eigenvalue weighted by atomic mass is 16.6. The maximum atomic E-state index is 11.9. The molecule has 1 aromatic heterocycles. The number of anilines is 1. The van der Waals surface area contributed by atoms with E-state index in [4.69, 9.17) is 18.9 Å². The highest BCUT2D eigenvalue weighted by molar-refractivity contribution is 5.89. The third-order valence-electron chi connectivity index (χ3n) is 3.63. The summed E-state index contributed by atoms with van der Waals surface area (Å²) in [5.41, 5.74) is 0.557. The molecule has 3 rings (SSSR count). The average molecular weight is 359 g/mol. The molecule has 0 saturated carbocycles. The molecule has 2 N–H and O–H groups in total. The van der Waals surface area contributed by atoms with Crippen LogP contribution in [0.1, 0.15) is 0 Å². The summed E-state index contributed by atoms with van der Waals surface area (Å²) >= 11 is 0. The van der Waals surface area contributed by atoms with Crippen molar-refractivity contribution in [3.8, 4) is 17.4 Å². The summed E-state index contributed by atoms with van der Waals surface area (Å²) in [6.07, 6.45) is 1.40. The smallest absolute Gasteiger partial charge is 0.319 e. The fourth-order valence-electron chi connectivity index (χ4n) is 2.34. The van der Waals surface area contributed by atoms with E-state index in [1.54, 1.807) is 31.4 Å². The van der Waals surface area contributed by atoms with Gasteiger partial charge in [-0.3, -0.25) is 0 Å². The van der Waals surface area contributed by atoms with Crippen LogP contribution in [0.3, 0.4) is 0 Å². The molecule has 0 bridgehead atoms. The minimum Gasteiger partial charge on any atom is -0.497 e. The van der Waals surface area contributed by atoms with Crippen LogP contribution in [0.25, 0.3) is 0 Å². The van der Waals surface area contributed by atoms with Gasteiger partial charge >= 0.3 is 6.03 Å². The number of urea groups is 1. The van der Waals surface area contributed by atoms with Crippen molar-refractivity contribution in [3.63, 3.8) is 0 Å². The minimum atomic E-state index is -0.331. The highest BCUT2D eigenvalue weighted by Crippen LogP contribution is 2.24. The minimum absolute atomic E-state index is 0.119. The number of hydrogen-bond acceptors (Lipinski definition) is 6. The van der Waals surface area contributed by atoms with Crippen LogP contribution in [0.15, 0.2) is 42.6 Å². The SMILES string of the molecule is COc1cccc(Oc2ccc(NC(=O)NC[C@H]3COCCO3)cn2)c1. The summed E-state index contributed by atoms with van der Waals surface area (Å²) in [6, 6.07) is 10.3. The summed E-state index contributed by atoms with van der Waals surface area (Å²) in [7, 11) is 1.59. The number of hydrogen-bond donors (Lipinski definition) is 2. The van der Waals surface area contributed by atoms with E-state index < -0.39 is 0 Å². The number of nitrogens with zero attached hydrogens (tertiary/aromatic N) is 1. The van der Waals surface area contributed by atoms with Gasteiger partial charge in [-0.1, -0.05) is 6.07 Å². The fraction of sp³-hybridized carbons (Fsp3) is 0.333. The number of nitrogens with one attached hydrogen (secondary N) is 2. The first-order valence-corrected chi connectivity index (χ1v) is 8.25. The van der Waals surface area contributed by atoms with Crippen LogP contribution in [0, 0.1) is 0 Å². The Morgan fingerprint density at radius 2 is 2.15 bits per heavy atom. The van der Waals surface area contributed by atoms with Gasteiger partial charge in [0.05, 0.1) is 44.9 Å². The van der Waals surface area contributed by atoms with Gasteiger partial charge in [-0.2, -0.15) is 0 Å². The topological polar surface area (TPSA) is 90.9 Å². The Bertz CT molecular complexity index is 717. The molecule has 2 amide bonds. The molecule has 2 aromatic rings. The summed E-state index contributed by atoms with van der Waals surface area (Å²) in [5.74, 6) is 1.73. The number of carbonyl (C=O) groups is 1. The number of carbonyl (C=O) groups excluding carboxylic acids is 1. The van der Waals surface area contributed by atoms with Gasteiger partial charge in [0.2, 0.25) is 5.88 Å². The second kappa shape index (κ2) is 9.02. The normalized spacial score (nSPS) is 16.6. The van der Waals surface area contributed by atoms with Crippen molar-refractivity contribution in [2.75, 3.05) is 38.8 Å². The average Bonchev–Trinajstić information content (AvgIpc) is 2.69. The van der Waals surface area contributed by atoms with Crippen LogP contribution in [0.5, 0.6) is 17.4 Å². The summed E-state index contributed by atoms with van der Waals surface area (Å²) in [6.45, 7) is 2.01. The standard InChI is InChI=1S/C18H21N3O5/c1-23-14-3-2-4-15(9-14)26-17-6-5-13(10-19-17)21-18(22)20-11-16-12-24-7-8-25-16/h2-6,9-10,16H,7-8,11-12H2,1H3,(H2,20,21,22)/t16-/m0/s1. The Labute approximate surface area is 151 Å². The Morgan fingerprint density at radius 1 is 1.27 bits per heavy atom. The van der Waals surface area contributed by atoms with Gasteiger partial charge in [0.1, 0.15) is 11.5 Å². The summed E-state index contributed by atoms with van der Waals surface area (Å²) < 4.78 is 21.6. The van der Waals surface area contributed by atoms with E-state index in [0.717, 1.165) is 0 Å². The predicted molar refractivity (Wildman–Crippen MR) is 94.9 cm³/mol. The highest BCUT2D eigenvalue weighted by Gasteiger charge is 2.15. The van der Waals surface area contributed by atoms with E-state index >= 15 is 0 Å². The Morgan fingerprint density at radius 3 is 2.88 bits per heavy atom. The third-order valence-corrected chi connectivity index (χ3v) is 3.63. The summed E-state index contributed by atoms with van der Waals surface area (Å²) in [4.78, 5) is 16.1. The van der Waals surface area contributed by atoms with Crippen molar-refractivity contribution < 1.29 is 23.7 Å². The molecule has 8 nitrogen and oxygen atoms in total. The van der Waals surface area contributed by atoms with Crippen LogP contribution >= 0.6 is 0 Å². The third kappa shape index (κ3) is 5.33. The molecule has 0 unspecified atom stereocenters. The number of amides is 2. The lowest BCUT2D eigenvalue weighted by Crippen LogP contribution is -2.41. The Balaban J connectivity index is 1.48. The molecule has 138 valence electrons. The second-order valence-corrected chi connectivity index (χ2v) is 5.57. The van der Waals surface area contributed by atoms with Crippen LogP contribution in [0.2, 0.25) is 0 Å². The van der Waals surface area contributed by atoms with E-state index in [1.165, 1.54) is 6.20 Å². The predicted octanol–water partition coefficient (Wildman–Crippen LogP) is 2.42. The van der Waals surface area contributed by atoms with Gasteiger partial charge in [-0.15, -0.1) is 0 Å². The molecule has 1 aliphatic heterocycles. The molecule has 0 spiro atoms. The van der Waals surface area contributed by atoms with Gasteiger partial charge in [-0.05, 0) is 18.2 Å². The Hall–Kier alpha value is -2.84. The fourth-order valence-corrected chi connectivity index (χ4v) is 2.34. The van der Waals surface area contributed by atoms with Crippen molar-refractivity contribution in [1.29, 1.82) is 0 Å². The first-order valence-electron chi connectivity index (χ1n) is 8.25. The molecule has 1 aromatic carbocycles. The monoisotopic (exact) mass is 359 g/mol. The molecule has 1 fully saturated rings. The van der Waals surface area contributed by atoms with E-state index in [-0.39, 0.29) is 12.1 Å². The van der Waals surface area contributed by atoms with Gasteiger partial charge in [0, 0.05) is 18.7 Å². The van der Waals surface area contributed by atoms with Crippen molar-refractivity contribution in [2.24, 2.45) is 0 Å². The van der Waals surface area contributed by atoms with Crippen molar-refractivity contribution in [1.82, 2.24) is 10.3 Å². The van der Waals surface area contributed by atoms with Gasteiger partial charge in [0.15, 0.2) is 0 Å². The molecular formula is C18H21N3O5. The second-order valence-electron chi connectivity index (χ2n) is 5.57. The van der Waals surface area contributed by atoms with Crippen molar-refractivity contribution >= 4 is 11.7 Å². The van der Waals surface area contributed by atoms with Crippen LogP contribution in [-0.2, 0) is 9.47 Å². The molecule has 0 aliphatic carbocycles. The zero-order valence-electron chi connectivity index (χ0n) is 14.4. The zero-order valence-corrected chi connectivity index (χ0v) is 14.4. The van der Waals surface area contributed by atoms with Gasteiger partial charge in [-0.25, -0.2) is 9.78 Å². The van der Waals surface area contributed by atoms with Crippen LogP contribution in [-0.4, -0.2) is 50.6 Å². The molecule has 26 heavy (non-hydrogen) atoms. The molecule has 0 radical (unpaired) electrons.